The lowest BCUT2D eigenvalue weighted by Gasteiger charge is -2.05. The summed E-state index contributed by atoms with van der Waals surface area (Å²) in [7, 11) is 0. The number of Topliss-reactive ketones (excluding diaryl/α,β-unsaturated/α-hetero) is 1. The minimum Gasteiger partial charge on any atom is -0.462 e. The number of hydrogen-bond donors (Lipinski definition) is 0. The molecule has 1 aromatic rings. The van der Waals surface area contributed by atoms with Crippen LogP contribution in [0.1, 0.15) is 34.1 Å². The molecule has 1 aromatic carbocycles. The summed E-state index contributed by atoms with van der Waals surface area (Å²) in [5, 5.41) is 0.327. The zero-order valence-electron chi connectivity index (χ0n) is 9.33. The van der Waals surface area contributed by atoms with Crippen molar-refractivity contribution < 1.29 is 14.3 Å². The van der Waals surface area contributed by atoms with E-state index in [4.69, 9.17) is 27.9 Å². The molecule has 0 saturated carbocycles. The highest BCUT2D eigenvalue weighted by atomic mass is 35.5. The van der Waals surface area contributed by atoms with E-state index in [-0.39, 0.29) is 30.3 Å². The number of rotatable bonds is 5. The quantitative estimate of drug-likeness (QED) is 0.470. The van der Waals surface area contributed by atoms with Crippen LogP contribution in [0, 0.1) is 0 Å². The Hall–Kier alpha value is -1.06. The lowest BCUT2D eigenvalue weighted by atomic mass is 10.1. The molecule has 0 unspecified atom stereocenters. The molecule has 0 aliphatic rings. The maximum atomic E-state index is 11.6. The molecule has 0 aliphatic heterocycles. The van der Waals surface area contributed by atoms with Gasteiger partial charge in [-0.25, -0.2) is 4.79 Å². The normalized spacial score (nSPS) is 10.1. The molecule has 92 valence electrons. The molecule has 0 saturated heterocycles. The minimum atomic E-state index is -0.491. The Morgan fingerprint density at radius 3 is 2.47 bits per heavy atom. The molecule has 0 bridgehead atoms. The third kappa shape index (κ3) is 4.02. The van der Waals surface area contributed by atoms with Crippen LogP contribution in [0.15, 0.2) is 18.2 Å². The summed E-state index contributed by atoms with van der Waals surface area (Å²) in [6, 6.07) is 4.45. The lowest BCUT2D eigenvalue weighted by molar-refractivity contribution is 0.0526. The van der Waals surface area contributed by atoms with Gasteiger partial charge in [0.15, 0.2) is 5.78 Å². The molecule has 1 rings (SSSR count). The maximum Gasteiger partial charge on any atom is 0.338 e. The number of carbonyl (C=O) groups excluding carboxylic acids is 2. The van der Waals surface area contributed by atoms with E-state index in [1.165, 1.54) is 18.2 Å². The number of alkyl halides is 1. The molecule has 0 atom stereocenters. The predicted octanol–water partition coefficient (Wildman–Crippen LogP) is 3.33. The summed E-state index contributed by atoms with van der Waals surface area (Å²) in [4.78, 5) is 23.1. The zero-order chi connectivity index (χ0) is 12.8. The highest BCUT2D eigenvalue weighted by molar-refractivity contribution is 6.31. The smallest absolute Gasteiger partial charge is 0.338 e. The van der Waals surface area contributed by atoms with E-state index in [0.29, 0.717) is 10.6 Å². The fourth-order valence-electron chi connectivity index (χ4n) is 1.31. The first kappa shape index (κ1) is 14.0. The molecule has 17 heavy (non-hydrogen) atoms. The van der Waals surface area contributed by atoms with Gasteiger partial charge in [-0.2, -0.15) is 0 Å². The van der Waals surface area contributed by atoms with Gasteiger partial charge in [0.05, 0.1) is 12.2 Å². The van der Waals surface area contributed by atoms with Crippen LogP contribution < -0.4 is 0 Å². The van der Waals surface area contributed by atoms with E-state index >= 15 is 0 Å². The topological polar surface area (TPSA) is 43.4 Å². The number of benzene rings is 1. The molecule has 3 nitrogen and oxygen atoms in total. The largest absolute Gasteiger partial charge is 0.462 e. The van der Waals surface area contributed by atoms with Gasteiger partial charge in [-0.3, -0.25) is 4.79 Å². The monoisotopic (exact) mass is 274 g/mol. The highest BCUT2D eigenvalue weighted by Gasteiger charge is 2.12. The second-order valence-corrected chi connectivity index (χ2v) is 4.13. The van der Waals surface area contributed by atoms with Crippen molar-refractivity contribution in [2.24, 2.45) is 0 Å². The Morgan fingerprint density at radius 2 is 1.88 bits per heavy atom. The molecular formula is C12H12Cl2O3. The van der Waals surface area contributed by atoms with Crippen LogP contribution in [0.3, 0.4) is 0 Å². The molecular weight excluding hydrogens is 263 g/mol. The first-order valence-electron chi connectivity index (χ1n) is 5.15. The van der Waals surface area contributed by atoms with Crippen LogP contribution >= 0.6 is 23.2 Å². The van der Waals surface area contributed by atoms with Gasteiger partial charge in [0.25, 0.3) is 0 Å². The fourth-order valence-corrected chi connectivity index (χ4v) is 1.72. The van der Waals surface area contributed by atoms with Crippen LogP contribution in [0.4, 0.5) is 0 Å². The minimum absolute atomic E-state index is 0.145. The Morgan fingerprint density at radius 1 is 1.24 bits per heavy atom. The molecule has 0 N–H and O–H groups in total. The van der Waals surface area contributed by atoms with Crippen molar-refractivity contribution in [3.63, 3.8) is 0 Å². The Labute approximate surface area is 110 Å². The number of ketones is 1. The summed E-state index contributed by atoms with van der Waals surface area (Å²) >= 11 is 11.3. The van der Waals surface area contributed by atoms with Crippen LogP contribution in [0.25, 0.3) is 0 Å². The average Bonchev–Trinajstić information content (AvgIpc) is 2.29. The summed E-state index contributed by atoms with van der Waals surface area (Å²) in [6.45, 7) is 1.98. The van der Waals surface area contributed by atoms with Gasteiger partial charge in [0.2, 0.25) is 0 Å². The van der Waals surface area contributed by atoms with Gasteiger partial charge in [-0.05, 0) is 25.1 Å². The zero-order valence-corrected chi connectivity index (χ0v) is 10.8. The molecule has 5 heteroatoms. The van der Waals surface area contributed by atoms with Crippen LogP contribution in [-0.4, -0.2) is 24.2 Å². The summed E-state index contributed by atoms with van der Waals surface area (Å²) in [5.41, 5.74) is 0.651. The van der Waals surface area contributed by atoms with E-state index in [2.05, 4.69) is 0 Å². The maximum absolute atomic E-state index is 11.6. The second kappa shape index (κ2) is 6.62. The standard InChI is InChI=1S/C12H12Cl2O3/c1-2-17-12(16)9-5-8(6-10(14)7-9)11(15)3-4-13/h5-7H,2-4H2,1H3. The molecule has 0 fully saturated rings. The van der Waals surface area contributed by atoms with Crippen molar-refractivity contribution >= 4 is 35.0 Å². The van der Waals surface area contributed by atoms with Gasteiger partial charge in [0, 0.05) is 22.9 Å². The van der Waals surface area contributed by atoms with Gasteiger partial charge in [-0.1, -0.05) is 11.6 Å². The van der Waals surface area contributed by atoms with Gasteiger partial charge >= 0.3 is 5.97 Å². The molecule has 0 heterocycles. The second-order valence-electron chi connectivity index (χ2n) is 3.31. The molecule has 0 aliphatic carbocycles. The van der Waals surface area contributed by atoms with Crippen molar-refractivity contribution in [2.75, 3.05) is 12.5 Å². The van der Waals surface area contributed by atoms with Gasteiger partial charge in [-0.15, -0.1) is 11.6 Å². The van der Waals surface area contributed by atoms with Crippen molar-refractivity contribution in [2.45, 2.75) is 13.3 Å². The molecule has 0 spiro atoms. The van der Waals surface area contributed by atoms with Crippen LogP contribution in [-0.2, 0) is 4.74 Å². The third-order valence-corrected chi connectivity index (χ3v) is 2.46. The van der Waals surface area contributed by atoms with E-state index in [0.717, 1.165) is 0 Å². The SMILES string of the molecule is CCOC(=O)c1cc(Cl)cc(C(=O)CCCl)c1. The van der Waals surface area contributed by atoms with Crippen molar-refractivity contribution in [3.05, 3.63) is 34.3 Å². The summed E-state index contributed by atoms with van der Waals surface area (Å²) in [6.07, 6.45) is 0.212. The van der Waals surface area contributed by atoms with Gasteiger partial charge < -0.3 is 4.74 Å². The van der Waals surface area contributed by atoms with E-state index in [1.807, 2.05) is 0 Å². The van der Waals surface area contributed by atoms with Crippen molar-refractivity contribution in [1.82, 2.24) is 0 Å². The lowest BCUT2D eigenvalue weighted by Crippen LogP contribution is -2.07. The van der Waals surface area contributed by atoms with E-state index in [9.17, 15) is 9.59 Å². The highest BCUT2D eigenvalue weighted by Crippen LogP contribution is 2.17. The predicted molar refractivity (Wildman–Crippen MR) is 67.1 cm³/mol. The van der Waals surface area contributed by atoms with Crippen LogP contribution in [0.5, 0.6) is 0 Å². The van der Waals surface area contributed by atoms with Crippen molar-refractivity contribution in [1.29, 1.82) is 0 Å². The molecule has 0 amide bonds. The summed E-state index contributed by atoms with van der Waals surface area (Å²) in [5.74, 6) is -0.400. The molecule has 0 radical (unpaired) electrons. The Bertz CT molecular complexity index is 394. The average molecular weight is 275 g/mol. The number of ether oxygens (including phenoxy) is 1. The van der Waals surface area contributed by atoms with Gasteiger partial charge in [0.1, 0.15) is 0 Å². The third-order valence-electron chi connectivity index (χ3n) is 2.05. The Balaban J connectivity index is 3.01. The number of esters is 1. The fraction of sp³-hybridized carbons (Fsp3) is 0.333. The number of hydrogen-bond acceptors (Lipinski definition) is 3. The number of carbonyl (C=O) groups is 2. The first-order valence-corrected chi connectivity index (χ1v) is 6.06. The van der Waals surface area contributed by atoms with Crippen LogP contribution in [0.2, 0.25) is 5.02 Å². The molecule has 0 aromatic heterocycles. The summed E-state index contributed by atoms with van der Waals surface area (Å²) < 4.78 is 4.84. The Kier molecular flexibility index (Phi) is 5.45. The number of halogens is 2. The van der Waals surface area contributed by atoms with E-state index in [1.54, 1.807) is 6.92 Å². The van der Waals surface area contributed by atoms with E-state index < -0.39 is 5.97 Å². The van der Waals surface area contributed by atoms with Crippen molar-refractivity contribution in [3.8, 4) is 0 Å². The first-order chi connectivity index (χ1) is 8.08.